The van der Waals surface area contributed by atoms with Gasteiger partial charge in [0.15, 0.2) is 0 Å². The van der Waals surface area contributed by atoms with E-state index in [0.717, 1.165) is 11.3 Å². The third kappa shape index (κ3) is 6.35. The first-order valence-corrected chi connectivity index (χ1v) is 11.1. The highest BCUT2D eigenvalue weighted by atomic mass is 16.2. The van der Waals surface area contributed by atoms with Crippen LogP contribution in [-0.2, 0) is 0 Å². The van der Waals surface area contributed by atoms with Gasteiger partial charge in [-0.25, -0.2) is 4.79 Å². The van der Waals surface area contributed by atoms with Gasteiger partial charge in [-0.05, 0) is 54.3 Å². The predicted molar refractivity (Wildman–Crippen MR) is 136 cm³/mol. The number of rotatable bonds is 7. The maximum absolute atomic E-state index is 13.1. The van der Waals surface area contributed by atoms with Gasteiger partial charge in [-0.15, -0.1) is 0 Å². The van der Waals surface area contributed by atoms with Crippen LogP contribution in [0.4, 0.5) is 21.9 Å². The van der Waals surface area contributed by atoms with Crippen molar-refractivity contribution in [1.82, 2.24) is 5.32 Å². The lowest BCUT2D eigenvalue weighted by Gasteiger charge is -2.20. The number of carbonyl (C=O) groups is 2. The number of amides is 3. The van der Waals surface area contributed by atoms with Gasteiger partial charge in [-0.3, -0.25) is 4.79 Å². The lowest BCUT2D eigenvalue weighted by Crippen LogP contribution is -2.28. The lowest BCUT2D eigenvalue weighted by atomic mass is 10.0. The Morgan fingerprint density at radius 3 is 1.97 bits per heavy atom. The summed E-state index contributed by atoms with van der Waals surface area (Å²) < 4.78 is 0. The molecule has 0 radical (unpaired) electrons. The van der Waals surface area contributed by atoms with Gasteiger partial charge in [0.1, 0.15) is 0 Å². The largest absolute Gasteiger partial charge is 0.377 e. The minimum Gasteiger partial charge on any atom is -0.377 e. The van der Waals surface area contributed by atoms with Crippen molar-refractivity contribution in [1.29, 1.82) is 0 Å². The zero-order valence-electron chi connectivity index (χ0n) is 19.8. The van der Waals surface area contributed by atoms with E-state index in [-0.39, 0.29) is 18.0 Å². The van der Waals surface area contributed by atoms with Crippen molar-refractivity contribution in [2.45, 2.75) is 32.7 Å². The molecule has 0 aliphatic rings. The normalized spacial score (nSPS) is 11.6. The van der Waals surface area contributed by atoms with Crippen LogP contribution in [0, 0.1) is 0 Å². The Morgan fingerprint density at radius 1 is 0.758 bits per heavy atom. The summed E-state index contributed by atoms with van der Waals surface area (Å²) in [6.07, 6.45) is 0. The smallest absolute Gasteiger partial charge is 0.323 e. The Labute approximate surface area is 196 Å². The molecule has 0 heterocycles. The summed E-state index contributed by atoms with van der Waals surface area (Å²) in [7, 11) is 3.76. The van der Waals surface area contributed by atoms with E-state index in [1.165, 1.54) is 5.56 Å². The highest BCUT2D eigenvalue weighted by Gasteiger charge is 2.17. The first kappa shape index (κ1) is 23.9. The second-order valence-corrected chi connectivity index (χ2v) is 8.59. The number of urea groups is 1. The standard InChI is InChI=1S/C27H32N4O2/c1-18(2)20-11-13-22(14-12-20)29-27(33)30-23-15-16-25(31(4)5)24(17-23)26(32)28-19(3)21-9-7-6-8-10-21/h6-19H,1-5H3,(H,28,32)(H2,29,30,33). The van der Waals surface area contributed by atoms with Crippen LogP contribution in [0.2, 0.25) is 0 Å². The van der Waals surface area contributed by atoms with Crippen molar-refractivity contribution in [2.75, 3.05) is 29.6 Å². The predicted octanol–water partition coefficient (Wildman–Crippen LogP) is 6.01. The molecule has 0 spiro atoms. The van der Waals surface area contributed by atoms with Crippen molar-refractivity contribution < 1.29 is 9.59 Å². The molecule has 6 nitrogen and oxygen atoms in total. The van der Waals surface area contributed by atoms with E-state index in [1.807, 2.05) is 86.6 Å². The molecule has 1 atom stereocenters. The maximum Gasteiger partial charge on any atom is 0.323 e. The van der Waals surface area contributed by atoms with Crippen LogP contribution in [0.25, 0.3) is 0 Å². The second kappa shape index (κ2) is 10.7. The van der Waals surface area contributed by atoms with Crippen molar-refractivity contribution in [3.8, 4) is 0 Å². The fourth-order valence-corrected chi connectivity index (χ4v) is 3.53. The van der Waals surface area contributed by atoms with Crippen molar-refractivity contribution in [3.05, 3.63) is 89.5 Å². The first-order valence-electron chi connectivity index (χ1n) is 11.1. The fraction of sp³-hybridized carbons (Fsp3) is 0.259. The molecule has 0 bridgehead atoms. The van der Waals surface area contributed by atoms with Gasteiger partial charge >= 0.3 is 6.03 Å². The summed E-state index contributed by atoms with van der Waals surface area (Å²) in [5.74, 6) is 0.223. The summed E-state index contributed by atoms with van der Waals surface area (Å²) in [6.45, 7) is 6.20. The van der Waals surface area contributed by atoms with Gasteiger partial charge in [-0.2, -0.15) is 0 Å². The molecule has 3 amide bonds. The zero-order chi connectivity index (χ0) is 24.0. The van der Waals surface area contributed by atoms with E-state index >= 15 is 0 Å². The molecule has 33 heavy (non-hydrogen) atoms. The maximum atomic E-state index is 13.1. The van der Waals surface area contributed by atoms with E-state index < -0.39 is 0 Å². The molecule has 172 valence electrons. The van der Waals surface area contributed by atoms with E-state index in [1.54, 1.807) is 12.1 Å². The quantitative estimate of drug-likeness (QED) is 0.418. The van der Waals surface area contributed by atoms with Crippen molar-refractivity contribution in [2.24, 2.45) is 0 Å². The van der Waals surface area contributed by atoms with Crippen LogP contribution in [0.1, 0.15) is 54.2 Å². The summed E-state index contributed by atoms with van der Waals surface area (Å²) in [5, 5.41) is 8.71. The number of carbonyl (C=O) groups excluding carboxylic acids is 2. The number of anilines is 3. The number of nitrogens with zero attached hydrogens (tertiary/aromatic N) is 1. The molecule has 0 aliphatic carbocycles. The topological polar surface area (TPSA) is 73.5 Å². The van der Waals surface area contributed by atoms with Crippen LogP contribution in [-0.4, -0.2) is 26.0 Å². The molecule has 6 heteroatoms. The SMILES string of the molecule is CC(C)c1ccc(NC(=O)Nc2ccc(N(C)C)c(C(=O)NC(C)c3ccccc3)c2)cc1. The molecule has 0 saturated heterocycles. The Hall–Kier alpha value is -3.80. The molecular weight excluding hydrogens is 412 g/mol. The van der Waals surface area contributed by atoms with Gasteiger partial charge in [-0.1, -0.05) is 56.3 Å². The zero-order valence-corrected chi connectivity index (χ0v) is 19.8. The van der Waals surface area contributed by atoms with E-state index in [0.29, 0.717) is 22.9 Å². The van der Waals surface area contributed by atoms with Crippen LogP contribution in [0.3, 0.4) is 0 Å². The number of nitrogens with one attached hydrogen (secondary N) is 3. The van der Waals surface area contributed by atoms with Gasteiger partial charge in [0.2, 0.25) is 0 Å². The lowest BCUT2D eigenvalue weighted by molar-refractivity contribution is 0.0940. The Morgan fingerprint density at radius 2 is 1.36 bits per heavy atom. The summed E-state index contributed by atoms with van der Waals surface area (Å²) in [4.78, 5) is 27.5. The molecule has 3 rings (SSSR count). The minimum absolute atomic E-state index is 0.151. The minimum atomic E-state index is -0.367. The molecular formula is C27H32N4O2. The number of benzene rings is 3. The number of hydrogen-bond donors (Lipinski definition) is 3. The first-order chi connectivity index (χ1) is 15.7. The van der Waals surface area contributed by atoms with Crippen LogP contribution < -0.4 is 20.9 Å². The van der Waals surface area contributed by atoms with Gasteiger partial charge in [0.25, 0.3) is 5.91 Å². The highest BCUT2D eigenvalue weighted by Crippen LogP contribution is 2.25. The molecule has 0 aliphatic heterocycles. The van der Waals surface area contributed by atoms with Crippen molar-refractivity contribution >= 4 is 29.0 Å². The molecule has 0 saturated carbocycles. The second-order valence-electron chi connectivity index (χ2n) is 8.59. The molecule has 0 aromatic heterocycles. The van der Waals surface area contributed by atoms with Gasteiger partial charge in [0, 0.05) is 31.2 Å². The molecule has 3 aromatic carbocycles. The summed E-state index contributed by atoms with van der Waals surface area (Å²) in [5.41, 5.74) is 4.73. The monoisotopic (exact) mass is 444 g/mol. The third-order valence-electron chi connectivity index (χ3n) is 5.46. The van der Waals surface area contributed by atoms with Crippen LogP contribution >= 0.6 is 0 Å². The average molecular weight is 445 g/mol. The summed E-state index contributed by atoms with van der Waals surface area (Å²) in [6, 6.07) is 22.4. The van der Waals surface area contributed by atoms with Crippen LogP contribution in [0.15, 0.2) is 72.8 Å². The van der Waals surface area contributed by atoms with Gasteiger partial charge in [0.05, 0.1) is 11.6 Å². The third-order valence-corrected chi connectivity index (χ3v) is 5.46. The Kier molecular flexibility index (Phi) is 7.72. The molecule has 3 aromatic rings. The summed E-state index contributed by atoms with van der Waals surface area (Å²) >= 11 is 0. The highest BCUT2D eigenvalue weighted by molar-refractivity contribution is 6.04. The Balaban J connectivity index is 1.73. The molecule has 1 unspecified atom stereocenters. The van der Waals surface area contributed by atoms with Gasteiger partial charge < -0.3 is 20.9 Å². The molecule has 0 fully saturated rings. The Bertz CT molecular complexity index is 1090. The van der Waals surface area contributed by atoms with Crippen LogP contribution in [0.5, 0.6) is 0 Å². The molecule has 3 N–H and O–H groups in total. The fourth-order valence-electron chi connectivity index (χ4n) is 3.53. The van der Waals surface area contributed by atoms with E-state index in [2.05, 4.69) is 29.8 Å². The van der Waals surface area contributed by atoms with E-state index in [9.17, 15) is 9.59 Å². The number of hydrogen-bond acceptors (Lipinski definition) is 3. The van der Waals surface area contributed by atoms with E-state index in [4.69, 9.17) is 0 Å². The average Bonchev–Trinajstić information content (AvgIpc) is 2.79. The van der Waals surface area contributed by atoms with Crippen molar-refractivity contribution in [3.63, 3.8) is 0 Å².